The number of carbonyl (C=O) groups is 2. The predicted molar refractivity (Wildman–Crippen MR) is 71.0 cm³/mol. The first-order valence-electron chi connectivity index (χ1n) is 6.84. The molecule has 6 nitrogen and oxygen atoms in total. The molecule has 1 aliphatic heterocycles. The molecule has 1 fully saturated rings. The van der Waals surface area contributed by atoms with Crippen LogP contribution in [0.15, 0.2) is 0 Å². The lowest BCUT2D eigenvalue weighted by Crippen LogP contribution is -2.41. The first-order valence-corrected chi connectivity index (χ1v) is 6.84. The summed E-state index contributed by atoms with van der Waals surface area (Å²) in [6, 6.07) is -0.232. The maximum absolute atomic E-state index is 11.7. The van der Waals surface area contributed by atoms with Gasteiger partial charge in [-0.05, 0) is 25.7 Å². The van der Waals surface area contributed by atoms with E-state index in [0.29, 0.717) is 6.54 Å². The second-order valence-electron chi connectivity index (χ2n) is 5.13. The first kappa shape index (κ1) is 15.8. The zero-order chi connectivity index (χ0) is 14.3. The summed E-state index contributed by atoms with van der Waals surface area (Å²) >= 11 is 0. The Morgan fingerprint density at radius 1 is 1.47 bits per heavy atom. The number of rotatable bonds is 6. The molecule has 0 aromatic rings. The average Bonchev–Trinajstić information content (AvgIpc) is 2.39. The highest BCUT2D eigenvalue weighted by Gasteiger charge is 2.18. The van der Waals surface area contributed by atoms with Crippen molar-refractivity contribution in [1.82, 2.24) is 10.2 Å². The van der Waals surface area contributed by atoms with Crippen LogP contribution in [0.4, 0.5) is 4.79 Å². The molecule has 0 aliphatic carbocycles. The van der Waals surface area contributed by atoms with Crippen molar-refractivity contribution >= 4 is 12.0 Å². The molecule has 2 atom stereocenters. The summed E-state index contributed by atoms with van der Waals surface area (Å²) in [6.45, 7) is 3.17. The quantitative estimate of drug-likeness (QED) is 0.764. The molecule has 6 heteroatoms. The van der Waals surface area contributed by atoms with Crippen LogP contribution >= 0.6 is 0 Å². The van der Waals surface area contributed by atoms with Gasteiger partial charge in [-0.1, -0.05) is 6.92 Å². The van der Waals surface area contributed by atoms with Crippen LogP contribution in [0.25, 0.3) is 0 Å². The Balaban J connectivity index is 2.17. The van der Waals surface area contributed by atoms with Crippen molar-refractivity contribution in [2.24, 2.45) is 5.92 Å². The summed E-state index contributed by atoms with van der Waals surface area (Å²) in [5.41, 5.74) is 0. The van der Waals surface area contributed by atoms with Gasteiger partial charge in [0.1, 0.15) is 0 Å². The second-order valence-corrected chi connectivity index (χ2v) is 5.13. The van der Waals surface area contributed by atoms with E-state index in [0.717, 1.165) is 25.9 Å². The summed E-state index contributed by atoms with van der Waals surface area (Å²) in [6.07, 6.45) is 4.43. The number of hydrogen-bond donors (Lipinski definition) is 2. The minimum absolute atomic E-state index is 0.209. The molecule has 0 aromatic carbocycles. The Bertz CT molecular complexity index is 303. The molecule has 110 valence electrons. The number of carbonyl (C=O) groups excluding carboxylic acids is 1. The van der Waals surface area contributed by atoms with Gasteiger partial charge in [-0.3, -0.25) is 4.79 Å². The summed E-state index contributed by atoms with van der Waals surface area (Å²) in [4.78, 5) is 23.8. The lowest BCUT2D eigenvalue weighted by atomic mass is 10.1. The largest absolute Gasteiger partial charge is 0.481 e. The molecule has 0 spiro atoms. The highest BCUT2D eigenvalue weighted by molar-refractivity contribution is 5.75. The van der Waals surface area contributed by atoms with Crippen LogP contribution < -0.4 is 5.32 Å². The third kappa shape index (κ3) is 5.92. The van der Waals surface area contributed by atoms with E-state index in [4.69, 9.17) is 9.84 Å². The minimum atomic E-state index is -0.893. The van der Waals surface area contributed by atoms with Crippen LogP contribution in [-0.4, -0.2) is 54.9 Å². The number of urea groups is 1. The number of carboxylic acids is 1. The SMILES string of the molecule is CC(CN(C)C(=O)NCCC1CCCCO1)C(=O)O. The van der Waals surface area contributed by atoms with Gasteiger partial charge in [0.15, 0.2) is 0 Å². The van der Waals surface area contributed by atoms with Gasteiger partial charge in [0.25, 0.3) is 0 Å². The molecule has 1 saturated heterocycles. The fourth-order valence-electron chi connectivity index (χ4n) is 2.08. The standard InChI is InChI=1S/C13H24N2O4/c1-10(12(16)17)9-15(2)13(18)14-7-6-11-5-3-4-8-19-11/h10-11H,3-9H2,1-2H3,(H,14,18)(H,16,17). The number of ether oxygens (including phenoxy) is 1. The van der Waals surface area contributed by atoms with Crippen molar-refractivity contribution in [2.45, 2.75) is 38.7 Å². The molecule has 0 saturated carbocycles. The molecule has 0 bridgehead atoms. The van der Waals surface area contributed by atoms with Crippen LogP contribution in [0, 0.1) is 5.92 Å². The Kier molecular flexibility index (Phi) is 6.62. The Labute approximate surface area is 114 Å². The second kappa shape index (κ2) is 7.99. The predicted octanol–water partition coefficient (Wildman–Crippen LogP) is 1.31. The Morgan fingerprint density at radius 3 is 2.79 bits per heavy atom. The van der Waals surface area contributed by atoms with Gasteiger partial charge < -0.3 is 20.1 Å². The normalized spacial score (nSPS) is 20.6. The highest BCUT2D eigenvalue weighted by atomic mass is 16.5. The number of nitrogens with one attached hydrogen (secondary N) is 1. The van der Waals surface area contributed by atoms with Crippen molar-refractivity contribution in [2.75, 3.05) is 26.7 Å². The fraction of sp³-hybridized carbons (Fsp3) is 0.846. The molecule has 2 unspecified atom stereocenters. The fourth-order valence-corrected chi connectivity index (χ4v) is 2.08. The van der Waals surface area contributed by atoms with Gasteiger partial charge in [-0.25, -0.2) is 4.79 Å². The van der Waals surface area contributed by atoms with Crippen molar-refractivity contribution in [1.29, 1.82) is 0 Å². The maximum Gasteiger partial charge on any atom is 0.317 e. The van der Waals surface area contributed by atoms with E-state index in [2.05, 4.69) is 5.32 Å². The Hall–Kier alpha value is -1.30. The van der Waals surface area contributed by atoms with Gasteiger partial charge in [-0.15, -0.1) is 0 Å². The molecule has 2 amide bonds. The number of hydrogen-bond acceptors (Lipinski definition) is 3. The smallest absolute Gasteiger partial charge is 0.317 e. The topological polar surface area (TPSA) is 78.9 Å². The molecule has 1 aliphatic rings. The summed E-state index contributed by atoms with van der Waals surface area (Å²) < 4.78 is 5.57. The zero-order valence-corrected chi connectivity index (χ0v) is 11.7. The first-order chi connectivity index (χ1) is 9.00. The van der Waals surface area contributed by atoms with Gasteiger partial charge in [-0.2, -0.15) is 0 Å². The maximum atomic E-state index is 11.7. The number of carboxylic acid groups (broad SMARTS) is 1. The lowest BCUT2D eigenvalue weighted by Gasteiger charge is -2.24. The van der Waals surface area contributed by atoms with E-state index in [1.54, 1.807) is 14.0 Å². The van der Waals surface area contributed by atoms with E-state index in [9.17, 15) is 9.59 Å². The number of nitrogens with zero attached hydrogens (tertiary/aromatic N) is 1. The van der Waals surface area contributed by atoms with E-state index >= 15 is 0 Å². The van der Waals surface area contributed by atoms with E-state index in [1.807, 2.05) is 0 Å². The van der Waals surface area contributed by atoms with Crippen LogP contribution in [-0.2, 0) is 9.53 Å². The van der Waals surface area contributed by atoms with E-state index in [1.165, 1.54) is 11.3 Å². The van der Waals surface area contributed by atoms with Crippen molar-refractivity contribution in [3.63, 3.8) is 0 Å². The van der Waals surface area contributed by atoms with Gasteiger partial charge >= 0.3 is 12.0 Å². The van der Waals surface area contributed by atoms with Gasteiger partial charge in [0.2, 0.25) is 0 Å². The molecular formula is C13H24N2O4. The minimum Gasteiger partial charge on any atom is -0.481 e. The van der Waals surface area contributed by atoms with E-state index < -0.39 is 11.9 Å². The average molecular weight is 272 g/mol. The third-order valence-electron chi connectivity index (χ3n) is 3.33. The van der Waals surface area contributed by atoms with E-state index in [-0.39, 0.29) is 18.7 Å². The number of amides is 2. The molecule has 0 radical (unpaired) electrons. The monoisotopic (exact) mass is 272 g/mol. The molecule has 2 N–H and O–H groups in total. The summed E-state index contributed by atoms with van der Waals surface area (Å²) in [7, 11) is 1.60. The Morgan fingerprint density at radius 2 is 2.21 bits per heavy atom. The van der Waals surface area contributed by atoms with Crippen LogP contribution in [0.1, 0.15) is 32.6 Å². The van der Waals surface area contributed by atoms with Crippen LogP contribution in [0.3, 0.4) is 0 Å². The van der Waals surface area contributed by atoms with Crippen molar-refractivity contribution in [3.8, 4) is 0 Å². The molecule has 19 heavy (non-hydrogen) atoms. The molecule has 0 aromatic heterocycles. The molecule has 1 rings (SSSR count). The van der Waals surface area contributed by atoms with Crippen LogP contribution in [0.5, 0.6) is 0 Å². The molecule has 1 heterocycles. The zero-order valence-electron chi connectivity index (χ0n) is 11.7. The third-order valence-corrected chi connectivity index (χ3v) is 3.33. The summed E-state index contributed by atoms with van der Waals surface area (Å²) in [5, 5.41) is 11.6. The van der Waals surface area contributed by atoms with Gasteiger partial charge in [0, 0.05) is 26.7 Å². The highest BCUT2D eigenvalue weighted by Crippen LogP contribution is 2.14. The van der Waals surface area contributed by atoms with Crippen molar-refractivity contribution in [3.05, 3.63) is 0 Å². The number of aliphatic carboxylic acids is 1. The summed E-state index contributed by atoms with van der Waals surface area (Å²) in [5.74, 6) is -1.45. The van der Waals surface area contributed by atoms with Crippen molar-refractivity contribution < 1.29 is 19.4 Å². The van der Waals surface area contributed by atoms with Gasteiger partial charge in [0.05, 0.1) is 12.0 Å². The lowest BCUT2D eigenvalue weighted by molar-refractivity contribution is -0.141. The van der Waals surface area contributed by atoms with Crippen LogP contribution in [0.2, 0.25) is 0 Å². The molecular weight excluding hydrogens is 248 g/mol.